The second-order valence-electron chi connectivity index (χ2n) is 8.75. The normalized spacial score (nSPS) is 11.4. The molecule has 0 aliphatic carbocycles. The van der Waals surface area contributed by atoms with E-state index in [1.807, 2.05) is 29.8 Å². The quantitative estimate of drug-likeness (QED) is 0.209. The minimum atomic E-state index is -4.51. The second-order valence-corrected chi connectivity index (χ2v) is 8.75. The summed E-state index contributed by atoms with van der Waals surface area (Å²) in [6.07, 6.45) is -4.11. The van der Waals surface area contributed by atoms with Gasteiger partial charge in [-0.1, -0.05) is 24.3 Å². The van der Waals surface area contributed by atoms with Gasteiger partial charge >= 0.3 is 12.1 Å². The van der Waals surface area contributed by atoms with Gasteiger partial charge in [0.05, 0.1) is 30.3 Å². The average molecular weight is 543 g/mol. The number of hydrogen-bond donors (Lipinski definition) is 0. The first kappa shape index (κ1) is 27.8. The molecule has 7 nitrogen and oxygen atoms in total. The number of ether oxygens (including phenoxy) is 4. The van der Waals surface area contributed by atoms with Gasteiger partial charge in [-0.3, -0.25) is 4.79 Å². The van der Waals surface area contributed by atoms with E-state index in [0.29, 0.717) is 35.1 Å². The first-order chi connectivity index (χ1) is 18.7. The molecule has 0 spiro atoms. The first-order valence-electron chi connectivity index (χ1n) is 12.4. The van der Waals surface area contributed by atoms with Crippen molar-refractivity contribution in [3.63, 3.8) is 0 Å². The number of aromatic nitrogens is 2. The van der Waals surface area contributed by atoms with Crippen LogP contribution < -0.4 is 14.2 Å². The van der Waals surface area contributed by atoms with Gasteiger partial charge in [-0.2, -0.15) is 13.2 Å². The Hall–Kier alpha value is -4.21. The van der Waals surface area contributed by atoms with Crippen LogP contribution in [0.2, 0.25) is 0 Å². The monoisotopic (exact) mass is 542 g/mol. The molecule has 4 aromatic rings. The molecule has 10 heteroatoms. The van der Waals surface area contributed by atoms with Crippen molar-refractivity contribution < 1.29 is 36.9 Å². The summed E-state index contributed by atoms with van der Waals surface area (Å²) in [5, 5.41) is 0. The zero-order chi connectivity index (χ0) is 28.0. The predicted molar refractivity (Wildman–Crippen MR) is 139 cm³/mol. The number of nitrogens with zero attached hydrogens (tertiary/aromatic N) is 2. The molecule has 206 valence electrons. The molecule has 39 heavy (non-hydrogen) atoms. The number of fused-ring (bicyclic) bond motifs is 1. The molecule has 0 radical (unpaired) electrons. The van der Waals surface area contributed by atoms with E-state index in [4.69, 9.17) is 18.9 Å². The molecule has 3 aromatic carbocycles. The lowest BCUT2D eigenvalue weighted by Crippen LogP contribution is -2.11. The Morgan fingerprint density at radius 2 is 1.72 bits per heavy atom. The van der Waals surface area contributed by atoms with E-state index < -0.39 is 11.7 Å². The van der Waals surface area contributed by atoms with Crippen LogP contribution in [-0.4, -0.2) is 29.2 Å². The van der Waals surface area contributed by atoms with Crippen molar-refractivity contribution in [3.8, 4) is 17.2 Å². The summed E-state index contributed by atoms with van der Waals surface area (Å²) in [6.45, 7) is 1.82. The zero-order valence-electron chi connectivity index (χ0n) is 21.9. The van der Waals surface area contributed by atoms with Gasteiger partial charge in [-0.05, 0) is 43.2 Å². The predicted octanol–water partition coefficient (Wildman–Crippen LogP) is 6.25. The van der Waals surface area contributed by atoms with Gasteiger partial charge in [0.2, 0.25) is 0 Å². The molecule has 4 rings (SSSR count). The molecule has 0 saturated carbocycles. The molecule has 1 aromatic heterocycles. The number of alkyl halides is 3. The van der Waals surface area contributed by atoms with Crippen LogP contribution in [0.4, 0.5) is 13.2 Å². The molecule has 0 aliphatic rings. The number of hydrogen-bond acceptors (Lipinski definition) is 6. The number of carbonyl (C=O) groups is 1. The summed E-state index contributed by atoms with van der Waals surface area (Å²) >= 11 is 0. The standard InChI is InChI=1S/C29H29F3N2O5/c1-4-37-28(35)14-10-19-9-11-22(16-26(19)39-17-20-7-5-6-8-23(20)29(30,31)32)38-18-27-33-24-13-12-21(36-3)15-25(24)34(27)2/h5-9,11-13,15-16H,4,10,14,17-18H2,1-3H3. The Balaban J connectivity index is 1.55. The number of benzene rings is 3. The van der Waals surface area contributed by atoms with Gasteiger partial charge in [-0.15, -0.1) is 0 Å². The van der Waals surface area contributed by atoms with Crippen LogP contribution in [0.5, 0.6) is 17.2 Å². The van der Waals surface area contributed by atoms with Crippen molar-refractivity contribution in [2.24, 2.45) is 7.05 Å². The third-order valence-corrected chi connectivity index (χ3v) is 6.20. The fourth-order valence-corrected chi connectivity index (χ4v) is 4.14. The van der Waals surface area contributed by atoms with Crippen molar-refractivity contribution in [3.05, 3.63) is 83.2 Å². The van der Waals surface area contributed by atoms with Gasteiger partial charge < -0.3 is 23.5 Å². The maximum Gasteiger partial charge on any atom is 0.416 e. The van der Waals surface area contributed by atoms with E-state index in [2.05, 4.69) is 4.98 Å². The van der Waals surface area contributed by atoms with E-state index in [1.54, 1.807) is 32.2 Å². The molecule has 0 bridgehead atoms. The summed E-state index contributed by atoms with van der Waals surface area (Å²) < 4.78 is 64.5. The number of imidazole rings is 1. The summed E-state index contributed by atoms with van der Waals surface area (Å²) in [6, 6.07) is 15.9. The Kier molecular flexibility index (Phi) is 8.63. The van der Waals surface area contributed by atoms with Crippen molar-refractivity contribution in [1.82, 2.24) is 9.55 Å². The smallest absolute Gasteiger partial charge is 0.416 e. The minimum Gasteiger partial charge on any atom is -0.497 e. The van der Waals surface area contributed by atoms with Crippen molar-refractivity contribution in [1.29, 1.82) is 0 Å². The van der Waals surface area contributed by atoms with Gasteiger partial charge in [0, 0.05) is 31.2 Å². The van der Waals surface area contributed by atoms with Crippen LogP contribution in [0.1, 0.15) is 35.9 Å². The summed E-state index contributed by atoms with van der Waals surface area (Å²) in [4.78, 5) is 16.5. The van der Waals surface area contributed by atoms with Crippen LogP contribution in [-0.2, 0) is 42.4 Å². The minimum absolute atomic E-state index is 0.00259. The van der Waals surface area contributed by atoms with E-state index >= 15 is 0 Å². The van der Waals surface area contributed by atoms with E-state index in [9.17, 15) is 18.0 Å². The van der Waals surface area contributed by atoms with E-state index in [1.165, 1.54) is 18.2 Å². The van der Waals surface area contributed by atoms with Crippen molar-refractivity contribution in [2.45, 2.75) is 39.2 Å². The first-order valence-corrected chi connectivity index (χ1v) is 12.4. The number of esters is 1. The highest BCUT2D eigenvalue weighted by Gasteiger charge is 2.33. The molecule has 0 amide bonds. The van der Waals surface area contributed by atoms with Crippen molar-refractivity contribution >= 4 is 17.0 Å². The third-order valence-electron chi connectivity index (χ3n) is 6.20. The highest BCUT2D eigenvalue weighted by atomic mass is 19.4. The Morgan fingerprint density at radius 3 is 2.46 bits per heavy atom. The molecule has 0 aliphatic heterocycles. The average Bonchev–Trinajstić information content (AvgIpc) is 3.24. The SMILES string of the molecule is CCOC(=O)CCc1ccc(OCc2nc3ccc(OC)cc3n2C)cc1OCc1ccccc1C(F)(F)F. The van der Waals surface area contributed by atoms with Crippen LogP contribution >= 0.6 is 0 Å². The van der Waals surface area contributed by atoms with Crippen LogP contribution in [0.25, 0.3) is 11.0 Å². The fourth-order valence-electron chi connectivity index (χ4n) is 4.14. The van der Waals surface area contributed by atoms with E-state index in [0.717, 1.165) is 17.1 Å². The molecule has 0 unspecified atom stereocenters. The van der Waals surface area contributed by atoms with Gasteiger partial charge in [0.1, 0.15) is 36.3 Å². The van der Waals surface area contributed by atoms with Crippen LogP contribution in [0.15, 0.2) is 60.7 Å². The Morgan fingerprint density at radius 1 is 0.949 bits per heavy atom. The molecule has 1 heterocycles. The largest absolute Gasteiger partial charge is 0.497 e. The van der Waals surface area contributed by atoms with Gasteiger partial charge in [-0.25, -0.2) is 4.98 Å². The maximum absolute atomic E-state index is 13.5. The summed E-state index contributed by atoms with van der Waals surface area (Å²) in [7, 11) is 3.47. The van der Waals surface area contributed by atoms with Gasteiger partial charge in [0.15, 0.2) is 0 Å². The highest BCUT2D eigenvalue weighted by Crippen LogP contribution is 2.33. The lowest BCUT2D eigenvalue weighted by Gasteiger charge is -2.16. The number of aryl methyl sites for hydroxylation is 2. The number of carbonyl (C=O) groups excluding carboxylic acids is 1. The van der Waals surface area contributed by atoms with Crippen molar-refractivity contribution in [2.75, 3.05) is 13.7 Å². The number of rotatable bonds is 11. The molecule has 0 saturated heterocycles. The third kappa shape index (κ3) is 6.81. The Bertz CT molecular complexity index is 1450. The second kappa shape index (κ2) is 12.1. The fraction of sp³-hybridized carbons (Fsp3) is 0.310. The molecule has 0 atom stereocenters. The summed E-state index contributed by atoms with van der Waals surface area (Å²) in [5.74, 6) is 1.78. The van der Waals surface area contributed by atoms with Crippen LogP contribution in [0, 0.1) is 0 Å². The molecular formula is C29H29F3N2O5. The molecular weight excluding hydrogens is 513 g/mol. The number of methoxy groups -OCH3 is 1. The van der Waals surface area contributed by atoms with E-state index in [-0.39, 0.29) is 37.8 Å². The Labute approximate surface area is 224 Å². The molecule has 0 N–H and O–H groups in total. The van der Waals surface area contributed by atoms with Crippen LogP contribution in [0.3, 0.4) is 0 Å². The summed E-state index contributed by atoms with van der Waals surface area (Å²) in [5.41, 5.74) is 1.56. The molecule has 0 fully saturated rings. The topological polar surface area (TPSA) is 71.8 Å². The maximum atomic E-state index is 13.5. The number of halogens is 3. The lowest BCUT2D eigenvalue weighted by atomic mass is 10.1. The van der Waals surface area contributed by atoms with Gasteiger partial charge in [0.25, 0.3) is 0 Å². The zero-order valence-corrected chi connectivity index (χ0v) is 21.9. The lowest BCUT2D eigenvalue weighted by molar-refractivity contribution is -0.143. The highest BCUT2D eigenvalue weighted by molar-refractivity contribution is 5.77.